The third kappa shape index (κ3) is 4.56. The Morgan fingerprint density at radius 1 is 1.22 bits per heavy atom. The maximum Gasteiger partial charge on any atom is 0.119 e. The van der Waals surface area contributed by atoms with E-state index in [1.165, 1.54) is 5.56 Å². The van der Waals surface area contributed by atoms with Crippen molar-refractivity contribution in [1.29, 1.82) is 0 Å². The fraction of sp³-hybridized carbons (Fsp3) is 0.500. The Labute approximate surface area is 138 Å². The fourth-order valence-electron chi connectivity index (χ4n) is 2.57. The van der Waals surface area contributed by atoms with Crippen molar-refractivity contribution in [3.8, 4) is 5.75 Å². The van der Waals surface area contributed by atoms with Crippen LogP contribution in [0.4, 0.5) is 0 Å². The highest BCUT2D eigenvalue weighted by atomic mass is 16.5. The van der Waals surface area contributed by atoms with Gasteiger partial charge < -0.3 is 15.2 Å². The molecular formula is C18H27N3O2. The molecule has 0 fully saturated rings. The van der Waals surface area contributed by atoms with Crippen LogP contribution in [0.25, 0.3) is 0 Å². The lowest BCUT2D eigenvalue weighted by Crippen LogP contribution is -2.21. The van der Waals surface area contributed by atoms with Gasteiger partial charge in [0.2, 0.25) is 0 Å². The molecule has 0 amide bonds. The summed E-state index contributed by atoms with van der Waals surface area (Å²) in [5.74, 6) is 0.825. The lowest BCUT2D eigenvalue weighted by Gasteiger charge is -2.14. The number of benzene rings is 1. The maximum atomic E-state index is 10.3. The number of aliphatic hydroxyl groups excluding tert-OH is 1. The topological polar surface area (TPSA) is 59.3 Å². The molecule has 0 saturated heterocycles. The van der Waals surface area contributed by atoms with Crippen LogP contribution < -0.4 is 10.1 Å². The molecule has 0 spiro atoms. The van der Waals surface area contributed by atoms with Gasteiger partial charge in [0, 0.05) is 31.4 Å². The highest BCUT2D eigenvalue weighted by molar-refractivity contribution is 5.29. The van der Waals surface area contributed by atoms with E-state index in [-0.39, 0.29) is 6.10 Å². The van der Waals surface area contributed by atoms with Crippen molar-refractivity contribution < 1.29 is 9.84 Å². The molecule has 0 aliphatic heterocycles. The Bertz CT molecular complexity index is 632. The average Bonchev–Trinajstić information content (AvgIpc) is 2.73. The molecule has 0 aliphatic rings. The van der Waals surface area contributed by atoms with Crippen molar-refractivity contribution in [3.05, 3.63) is 46.8 Å². The van der Waals surface area contributed by atoms with Gasteiger partial charge in [-0.3, -0.25) is 4.68 Å². The van der Waals surface area contributed by atoms with Crippen LogP contribution in [-0.2, 0) is 13.6 Å². The second-order valence-electron chi connectivity index (χ2n) is 6.16. The summed E-state index contributed by atoms with van der Waals surface area (Å²) in [5.41, 5.74) is 4.26. The molecule has 2 rings (SSSR count). The van der Waals surface area contributed by atoms with Crippen molar-refractivity contribution in [2.45, 2.75) is 46.4 Å². The smallest absolute Gasteiger partial charge is 0.119 e. The first-order chi connectivity index (χ1) is 10.9. The van der Waals surface area contributed by atoms with E-state index < -0.39 is 6.10 Å². The van der Waals surface area contributed by atoms with Gasteiger partial charge in [0.05, 0.1) is 17.9 Å². The predicted octanol–water partition coefficient (Wildman–Crippen LogP) is 2.65. The van der Waals surface area contributed by atoms with Crippen LogP contribution in [0, 0.1) is 13.8 Å². The maximum absolute atomic E-state index is 10.3. The van der Waals surface area contributed by atoms with E-state index in [1.54, 1.807) is 0 Å². The summed E-state index contributed by atoms with van der Waals surface area (Å²) in [6.07, 6.45) is -0.390. The molecule has 126 valence electrons. The average molecular weight is 317 g/mol. The van der Waals surface area contributed by atoms with E-state index in [0.717, 1.165) is 22.7 Å². The van der Waals surface area contributed by atoms with Gasteiger partial charge in [-0.25, -0.2) is 0 Å². The Morgan fingerprint density at radius 3 is 2.39 bits per heavy atom. The van der Waals surface area contributed by atoms with Gasteiger partial charge in [-0.15, -0.1) is 0 Å². The molecule has 2 aromatic rings. The van der Waals surface area contributed by atoms with Crippen LogP contribution >= 0.6 is 0 Å². The minimum atomic E-state index is -0.541. The van der Waals surface area contributed by atoms with E-state index in [0.29, 0.717) is 13.1 Å². The lowest BCUT2D eigenvalue weighted by molar-refractivity contribution is 0.174. The minimum Gasteiger partial charge on any atom is -0.491 e. The summed E-state index contributed by atoms with van der Waals surface area (Å²) in [6.45, 7) is 9.26. The van der Waals surface area contributed by atoms with Gasteiger partial charge >= 0.3 is 0 Å². The number of hydrogen-bond donors (Lipinski definition) is 2. The summed E-state index contributed by atoms with van der Waals surface area (Å²) in [6, 6.07) is 7.61. The Morgan fingerprint density at radius 2 is 1.87 bits per heavy atom. The standard InChI is InChI=1S/C18H27N3O2/c1-12(2)23-16-8-6-15(7-9-16)18(22)11-19-10-17-13(3)20-21(5)14(17)4/h6-9,12,18-19,22H,10-11H2,1-5H3. The molecule has 0 saturated carbocycles. The van der Waals surface area contributed by atoms with Gasteiger partial charge in [0.25, 0.3) is 0 Å². The molecule has 5 heteroatoms. The van der Waals surface area contributed by atoms with Crippen LogP contribution in [0.5, 0.6) is 5.75 Å². The Balaban J connectivity index is 1.88. The van der Waals surface area contributed by atoms with Crippen LogP contribution in [0.1, 0.15) is 42.5 Å². The van der Waals surface area contributed by atoms with Crippen molar-refractivity contribution in [2.75, 3.05) is 6.54 Å². The van der Waals surface area contributed by atoms with Crippen molar-refractivity contribution >= 4 is 0 Å². The lowest BCUT2D eigenvalue weighted by atomic mass is 10.1. The highest BCUT2D eigenvalue weighted by Crippen LogP contribution is 2.19. The number of aryl methyl sites for hydroxylation is 2. The summed E-state index contributed by atoms with van der Waals surface area (Å²) in [7, 11) is 1.95. The number of hydrogen-bond acceptors (Lipinski definition) is 4. The molecule has 0 bridgehead atoms. The molecule has 23 heavy (non-hydrogen) atoms. The third-order valence-electron chi connectivity index (χ3n) is 3.94. The molecule has 5 nitrogen and oxygen atoms in total. The second kappa shape index (κ2) is 7.62. The van der Waals surface area contributed by atoms with Crippen LogP contribution in [0.3, 0.4) is 0 Å². The van der Waals surface area contributed by atoms with E-state index in [4.69, 9.17) is 4.74 Å². The van der Waals surface area contributed by atoms with Crippen LogP contribution in [0.2, 0.25) is 0 Å². The van der Waals surface area contributed by atoms with Crippen molar-refractivity contribution in [3.63, 3.8) is 0 Å². The molecule has 1 atom stereocenters. The van der Waals surface area contributed by atoms with Crippen molar-refractivity contribution in [1.82, 2.24) is 15.1 Å². The molecule has 1 aromatic carbocycles. The van der Waals surface area contributed by atoms with Crippen LogP contribution in [0.15, 0.2) is 24.3 Å². The van der Waals surface area contributed by atoms with Gasteiger partial charge in [0.1, 0.15) is 5.75 Å². The molecular weight excluding hydrogens is 290 g/mol. The summed E-state index contributed by atoms with van der Waals surface area (Å²) in [4.78, 5) is 0. The Hall–Kier alpha value is -1.85. The molecule has 1 heterocycles. The Kier molecular flexibility index (Phi) is 5.80. The fourth-order valence-corrected chi connectivity index (χ4v) is 2.57. The first kappa shape index (κ1) is 17.5. The predicted molar refractivity (Wildman–Crippen MR) is 91.6 cm³/mol. The molecule has 2 N–H and O–H groups in total. The first-order valence-corrected chi connectivity index (χ1v) is 8.03. The van der Waals surface area contributed by atoms with Gasteiger partial charge in [0.15, 0.2) is 0 Å². The second-order valence-corrected chi connectivity index (χ2v) is 6.16. The summed E-state index contributed by atoms with van der Waals surface area (Å²) >= 11 is 0. The third-order valence-corrected chi connectivity index (χ3v) is 3.94. The molecule has 0 aliphatic carbocycles. The monoisotopic (exact) mass is 317 g/mol. The van der Waals surface area contributed by atoms with E-state index in [1.807, 2.05) is 56.8 Å². The number of ether oxygens (including phenoxy) is 1. The minimum absolute atomic E-state index is 0.151. The largest absolute Gasteiger partial charge is 0.491 e. The number of rotatable bonds is 7. The van der Waals surface area contributed by atoms with Crippen LogP contribution in [-0.4, -0.2) is 27.5 Å². The SMILES string of the molecule is Cc1nn(C)c(C)c1CNCC(O)c1ccc(OC(C)C)cc1. The molecule has 1 unspecified atom stereocenters. The van der Waals surface area contributed by atoms with E-state index >= 15 is 0 Å². The quantitative estimate of drug-likeness (QED) is 0.824. The first-order valence-electron chi connectivity index (χ1n) is 8.03. The van der Waals surface area contributed by atoms with Gasteiger partial charge in [-0.1, -0.05) is 12.1 Å². The number of aromatic nitrogens is 2. The number of aliphatic hydroxyl groups is 1. The number of nitrogens with one attached hydrogen (secondary N) is 1. The summed E-state index contributed by atoms with van der Waals surface area (Å²) in [5, 5.41) is 18.0. The molecule has 1 aromatic heterocycles. The normalized spacial score (nSPS) is 12.7. The highest BCUT2D eigenvalue weighted by Gasteiger charge is 2.11. The van der Waals surface area contributed by atoms with Gasteiger partial charge in [-0.2, -0.15) is 5.10 Å². The zero-order chi connectivity index (χ0) is 17.0. The van der Waals surface area contributed by atoms with E-state index in [2.05, 4.69) is 17.3 Å². The van der Waals surface area contributed by atoms with Crippen molar-refractivity contribution in [2.24, 2.45) is 7.05 Å². The molecule has 0 radical (unpaired) electrons. The zero-order valence-electron chi connectivity index (χ0n) is 14.6. The summed E-state index contributed by atoms with van der Waals surface area (Å²) < 4.78 is 7.50. The number of nitrogens with zero attached hydrogens (tertiary/aromatic N) is 2. The zero-order valence-corrected chi connectivity index (χ0v) is 14.6. The van der Waals surface area contributed by atoms with Gasteiger partial charge in [-0.05, 0) is 45.4 Å². The van der Waals surface area contributed by atoms with E-state index in [9.17, 15) is 5.11 Å².